The number of piperazine rings is 1. The number of anilines is 1. The third-order valence-corrected chi connectivity index (χ3v) is 8.21. The van der Waals surface area contributed by atoms with E-state index in [-0.39, 0.29) is 24.3 Å². The van der Waals surface area contributed by atoms with Gasteiger partial charge in [-0.1, -0.05) is 30.6 Å². The van der Waals surface area contributed by atoms with Crippen LogP contribution in [0.4, 0.5) is 18.3 Å². The van der Waals surface area contributed by atoms with Crippen molar-refractivity contribution in [2.45, 2.75) is 44.3 Å². The normalized spacial score (nSPS) is 21.5. The molecular formula is C15H23F3N4O2S2. The summed E-state index contributed by atoms with van der Waals surface area (Å²) in [6.07, 6.45) is 1.44. The molecule has 1 aromatic heterocycles. The van der Waals surface area contributed by atoms with E-state index in [1.165, 1.54) is 8.61 Å². The fourth-order valence-corrected chi connectivity index (χ4v) is 5.88. The molecule has 11 heteroatoms. The number of thiazole rings is 1. The maximum atomic E-state index is 12.8. The zero-order chi connectivity index (χ0) is 18.9. The summed E-state index contributed by atoms with van der Waals surface area (Å²) >= 11 is 0.596. The Hall–Kier alpha value is -0.910. The highest BCUT2D eigenvalue weighted by atomic mass is 32.2. The Morgan fingerprint density at radius 3 is 2.31 bits per heavy atom. The number of nitrogens with zero attached hydrogens (tertiary/aromatic N) is 4. The van der Waals surface area contributed by atoms with E-state index >= 15 is 0 Å². The van der Waals surface area contributed by atoms with Gasteiger partial charge in [-0.2, -0.15) is 30.2 Å². The molecule has 0 radical (unpaired) electrons. The molecule has 2 aliphatic rings. The van der Waals surface area contributed by atoms with Gasteiger partial charge in [-0.05, 0) is 12.8 Å². The maximum Gasteiger partial charge on any atom is 0.427 e. The van der Waals surface area contributed by atoms with E-state index in [0.29, 0.717) is 24.4 Å². The highest BCUT2D eigenvalue weighted by molar-refractivity contribution is 7.86. The first-order valence-electron chi connectivity index (χ1n) is 8.70. The van der Waals surface area contributed by atoms with Crippen LogP contribution in [0.3, 0.4) is 0 Å². The van der Waals surface area contributed by atoms with Gasteiger partial charge in [0.25, 0.3) is 10.2 Å². The van der Waals surface area contributed by atoms with Crippen LogP contribution in [0.25, 0.3) is 0 Å². The molecule has 1 aromatic rings. The number of rotatable bonds is 4. The standard InChI is InChI=1S/C15H23F3N4O2S2/c1-20(12-5-3-2-4-6-12)26(23,24)22-9-7-21(8-10-22)14-19-11-13(25-14)15(16,17)18/h11-12H,2-10H2,1H3. The van der Waals surface area contributed by atoms with Gasteiger partial charge in [0.05, 0.1) is 6.20 Å². The highest BCUT2D eigenvalue weighted by Gasteiger charge is 2.37. The molecule has 0 amide bonds. The first-order valence-corrected chi connectivity index (χ1v) is 10.9. The summed E-state index contributed by atoms with van der Waals surface area (Å²) in [7, 11) is -1.91. The molecule has 148 valence electrons. The Labute approximate surface area is 155 Å². The number of aromatic nitrogens is 1. The molecule has 6 nitrogen and oxygen atoms in total. The van der Waals surface area contributed by atoms with Gasteiger partial charge < -0.3 is 4.90 Å². The van der Waals surface area contributed by atoms with Crippen LogP contribution in [-0.4, -0.2) is 61.3 Å². The predicted molar refractivity (Wildman–Crippen MR) is 94.5 cm³/mol. The van der Waals surface area contributed by atoms with Crippen LogP contribution in [0, 0.1) is 0 Å². The van der Waals surface area contributed by atoms with Gasteiger partial charge in [0, 0.05) is 39.3 Å². The molecule has 2 heterocycles. The fourth-order valence-electron chi connectivity index (χ4n) is 3.47. The quantitative estimate of drug-likeness (QED) is 0.763. The van der Waals surface area contributed by atoms with E-state index in [4.69, 9.17) is 0 Å². The molecule has 1 saturated carbocycles. The first-order chi connectivity index (χ1) is 12.2. The molecule has 0 atom stereocenters. The van der Waals surface area contributed by atoms with Gasteiger partial charge in [0.2, 0.25) is 0 Å². The van der Waals surface area contributed by atoms with Gasteiger partial charge in [-0.15, -0.1) is 0 Å². The Morgan fingerprint density at radius 2 is 1.77 bits per heavy atom. The van der Waals surface area contributed by atoms with Crippen molar-refractivity contribution in [2.75, 3.05) is 38.1 Å². The molecule has 1 saturated heterocycles. The molecule has 0 unspecified atom stereocenters. The molecule has 0 spiro atoms. The van der Waals surface area contributed by atoms with E-state index in [9.17, 15) is 21.6 Å². The van der Waals surface area contributed by atoms with Gasteiger partial charge >= 0.3 is 6.18 Å². The smallest absolute Gasteiger partial charge is 0.345 e. The third-order valence-electron chi connectivity index (χ3n) is 5.06. The lowest BCUT2D eigenvalue weighted by molar-refractivity contribution is -0.134. The Bertz CT molecular complexity index is 709. The second-order valence-corrected chi connectivity index (χ2v) is 9.70. The zero-order valence-electron chi connectivity index (χ0n) is 14.6. The second-order valence-electron chi connectivity index (χ2n) is 6.71. The predicted octanol–water partition coefficient (Wildman–Crippen LogP) is 2.79. The minimum atomic E-state index is -4.40. The Morgan fingerprint density at radius 1 is 1.15 bits per heavy atom. The molecule has 3 rings (SSSR count). The van der Waals surface area contributed by atoms with Crippen LogP contribution in [0.1, 0.15) is 37.0 Å². The lowest BCUT2D eigenvalue weighted by atomic mass is 9.96. The van der Waals surface area contributed by atoms with Crippen molar-refractivity contribution in [2.24, 2.45) is 0 Å². The lowest BCUT2D eigenvalue weighted by Crippen LogP contribution is -2.54. The minimum Gasteiger partial charge on any atom is -0.345 e. The minimum absolute atomic E-state index is 0.0417. The van der Waals surface area contributed by atoms with E-state index < -0.39 is 21.3 Å². The van der Waals surface area contributed by atoms with Crippen molar-refractivity contribution in [1.29, 1.82) is 0 Å². The van der Waals surface area contributed by atoms with Crippen LogP contribution >= 0.6 is 11.3 Å². The Balaban J connectivity index is 1.61. The summed E-state index contributed by atoms with van der Waals surface area (Å²) in [5.41, 5.74) is 0. The summed E-state index contributed by atoms with van der Waals surface area (Å²) < 4.78 is 66.7. The number of alkyl halides is 3. The first kappa shape index (κ1) is 19.8. The SMILES string of the molecule is CN(C1CCCCC1)S(=O)(=O)N1CCN(c2ncc(C(F)(F)F)s2)CC1. The second kappa shape index (κ2) is 7.61. The Kier molecular flexibility index (Phi) is 5.80. The van der Waals surface area contributed by atoms with Gasteiger partial charge in [-0.25, -0.2) is 4.98 Å². The molecule has 0 bridgehead atoms. The summed E-state index contributed by atoms with van der Waals surface area (Å²) in [5.74, 6) is 0. The topological polar surface area (TPSA) is 56.8 Å². The van der Waals surface area contributed by atoms with Crippen LogP contribution in [0.5, 0.6) is 0 Å². The van der Waals surface area contributed by atoms with Crippen molar-refractivity contribution < 1.29 is 21.6 Å². The van der Waals surface area contributed by atoms with E-state index in [2.05, 4.69) is 4.98 Å². The average Bonchev–Trinajstić information content (AvgIpc) is 3.12. The monoisotopic (exact) mass is 412 g/mol. The zero-order valence-corrected chi connectivity index (χ0v) is 16.2. The van der Waals surface area contributed by atoms with Gasteiger partial charge in [0.15, 0.2) is 5.13 Å². The van der Waals surface area contributed by atoms with E-state index in [1.807, 2.05) is 0 Å². The van der Waals surface area contributed by atoms with Crippen molar-refractivity contribution >= 4 is 26.7 Å². The van der Waals surface area contributed by atoms with Gasteiger partial charge in [-0.3, -0.25) is 0 Å². The molecule has 0 aromatic carbocycles. The lowest BCUT2D eigenvalue weighted by Gasteiger charge is -2.38. The molecule has 26 heavy (non-hydrogen) atoms. The van der Waals surface area contributed by atoms with Crippen molar-refractivity contribution in [1.82, 2.24) is 13.6 Å². The van der Waals surface area contributed by atoms with Gasteiger partial charge in [0.1, 0.15) is 4.88 Å². The summed E-state index contributed by atoms with van der Waals surface area (Å²) in [6.45, 7) is 1.17. The molecule has 0 N–H and O–H groups in total. The molecular weight excluding hydrogens is 389 g/mol. The molecule has 2 fully saturated rings. The number of halogens is 3. The number of hydrogen-bond donors (Lipinski definition) is 0. The molecule has 1 aliphatic carbocycles. The van der Waals surface area contributed by atoms with Crippen LogP contribution < -0.4 is 4.90 Å². The highest BCUT2D eigenvalue weighted by Crippen LogP contribution is 2.36. The number of hydrogen-bond acceptors (Lipinski definition) is 5. The van der Waals surface area contributed by atoms with Crippen molar-refractivity contribution in [3.63, 3.8) is 0 Å². The summed E-state index contributed by atoms with van der Waals surface area (Å²) in [4.78, 5) is 4.83. The fraction of sp³-hybridized carbons (Fsp3) is 0.800. The van der Waals surface area contributed by atoms with Crippen LogP contribution in [0.2, 0.25) is 0 Å². The third kappa shape index (κ3) is 4.15. The molecule has 1 aliphatic heterocycles. The largest absolute Gasteiger partial charge is 0.427 e. The van der Waals surface area contributed by atoms with Crippen LogP contribution in [-0.2, 0) is 16.4 Å². The average molecular weight is 413 g/mol. The van der Waals surface area contributed by atoms with E-state index in [0.717, 1.165) is 38.3 Å². The maximum absolute atomic E-state index is 12.8. The van der Waals surface area contributed by atoms with Crippen molar-refractivity contribution in [3.8, 4) is 0 Å². The summed E-state index contributed by atoms with van der Waals surface area (Å²) in [5, 5.41) is 0.287. The van der Waals surface area contributed by atoms with E-state index in [1.54, 1.807) is 11.9 Å². The van der Waals surface area contributed by atoms with Crippen molar-refractivity contribution in [3.05, 3.63) is 11.1 Å². The van der Waals surface area contributed by atoms with Crippen LogP contribution in [0.15, 0.2) is 6.20 Å². The summed E-state index contributed by atoms with van der Waals surface area (Å²) in [6, 6.07) is 0.0417.